The second-order valence-electron chi connectivity index (χ2n) is 3.77. The largest absolute Gasteiger partial charge is 0.496 e. The van der Waals surface area contributed by atoms with Crippen LogP contribution in [0.4, 0.5) is 0 Å². The van der Waals surface area contributed by atoms with Gasteiger partial charge in [-0.1, -0.05) is 6.92 Å². The third-order valence-electron chi connectivity index (χ3n) is 3.16. The van der Waals surface area contributed by atoms with E-state index in [0.717, 1.165) is 29.6 Å². The lowest BCUT2D eigenvalue weighted by molar-refractivity contribution is 0.111. The first-order valence-corrected chi connectivity index (χ1v) is 5.20. The van der Waals surface area contributed by atoms with Crippen molar-refractivity contribution < 1.29 is 9.53 Å². The zero-order valence-electron chi connectivity index (χ0n) is 10.1. The molecule has 0 saturated carbocycles. The SMILES string of the molecule is CCc1c(C)c(C)c(C)c(OC)c1C=O. The average Bonchev–Trinajstić information content (AvgIpc) is 2.25. The van der Waals surface area contributed by atoms with Gasteiger partial charge in [-0.05, 0) is 49.4 Å². The lowest BCUT2D eigenvalue weighted by atomic mass is 9.91. The van der Waals surface area contributed by atoms with Crippen molar-refractivity contribution in [3.8, 4) is 5.75 Å². The van der Waals surface area contributed by atoms with Crippen LogP contribution in [-0.2, 0) is 6.42 Å². The van der Waals surface area contributed by atoms with E-state index in [1.54, 1.807) is 7.11 Å². The fraction of sp³-hybridized carbons (Fsp3) is 0.462. The summed E-state index contributed by atoms with van der Waals surface area (Å²) >= 11 is 0. The Hall–Kier alpha value is -1.31. The highest BCUT2D eigenvalue weighted by Gasteiger charge is 2.16. The fourth-order valence-corrected chi connectivity index (χ4v) is 2.06. The van der Waals surface area contributed by atoms with E-state index in [-0.39, 0.29) is 0 Å². The van der Waals surface area contributed by atoms with Crippen LogP contribution < -0.4 is 4.74 Å². The number of aldehydes is 1. The minimum absolute atomic E-state index is 0.709. The van der Waals surface area contributed by atoms with Gasteiger partial charge in [0.15, 0.2) is 6.29 Å². The van der Waals surface area contributed by atoms with Crippen LogP contribution in [0.2, 0.25) is 0 Å². The van der Waals surface area contributed by atoms with Gasteiger partial charge in [-0.15, -0.1) is 0 Å². The van der Waals surface area contributed by atoms with Gasteiger partial charge in [-0.2, -0.15) is 0 Å². The number of carbonyl (C=O) groups excluding carboxylic acids is 1. The smallest absolute Gasteiger partial charge is 0.154 e. The molecule has 2 heteroatoms. The Morgan fingerprint density at radius 1 is 1.13 bits per heavy atom. The second-order valence-corrected chi connectivity index (χ2v) is 3.77. The molecule has 0 N–H and O–H groups in total. The molecule has 1 aromatic carbocycles. The van der Waals surface area contributed by atoms with Crippen LogP contribution in [0.25, 0.3) is 0 Å². The molecule has 0 fully saturated rings. The molecule has 2 nitrogen and oxygen atoms in total. The Balaban J connectivity index is 3.66. The topological polar surface area (TPSA) is 26.3 Å². The summed E-state index contributed by atoms with van der Waals surface area (Å²) in [7, 11) is 1.61. The highest BCUT2D eigenvalue weighted by molar-refractivity contribution is 5.84. The summed E-state index contributed by atoms with van der Waals surface area (Å²) in [4.78, 5) is 11.1. The lowest BCUT2D eigenvalue weighted by Gasteiger charge is -2.17. The van der Waals surface area contributed by atoms with Gasteiger partial charge < -0.3 is 4.74 Å². The molecule has 0 unspecified atom stereocenters. The molecule has 0 radical (unpaired) electrons. The van der Waals surface area contributed by atoms with Gasteiger partial charge in [0.25, 0.3) is 0 Å². The first kappa shape index (κ1) is 11.8. The maximum absolute atomic E-state index is 11.1. The Kier molecular flexibility index (Phi) is 3.51. The van der Waals surface area contributed by atoms with Crippen molar-refractivity contribution in [3.05, 3.63) is 27.8 Å². The second kappa shape index (κ2) is 4.47. The minimum atomic E-state index is 0.709. The monoisotopic (exact) mass is 206 g/mol. The Labute approximate surface area is 91.3 Å². The molecule has 0 amide bonds. The van der Waals surface area contributed by atoms with Crippen molar-refractivity contribution in [1.82, 2.24) is 0 Å². The van der Waals surface area contributed by atoms with E-state index in [4.69, 9.17) is 4.74 Å². The number of hydrogen-bond acceptors (Lipinski definition) is 2. The van der Waals surface area contributed by atoms with Gasteiger partial charge >= 0.3 is 0 Å². The van der Waals surface area contributed by atoms with Crippen LogP contribution in [0, 0.1) is 20.8 Å². The predicted octanol–water partition coefficient (Wildman–Crippen LogP) is 3.00. The van der Waals surface area contributed by atoms with E-state index in [9.17, 15) is 4.79 Å². The van der Waals surface area contributed by atoms with Crippen molar-refractivity contribution in [3.63, 3.8) is 0 Å². The number of ether oxygens (including phenoxy) is 1. The molecule has 0 spiro atoms. The molecule has 0 bridgehead atoms. The molecule has 0 atom stereocenters. The van der Waals surface area contributed by atoms with Gasteiger partial charge in [0.05, 0.1) is 12.7 Å². The summed E-state index contributed by atoms with van der Waals surface area (Å²) in [6.45, 7) is 8.19. The van der Waals surface area contributed by atoms with Crippen molar-refractivity contribution in [2.45, 2.75) is 34.1 Å². The first-order valence-electron chi connectivity index (χ1n) is 5.20. The van der Waals surface area contributed by atoms with Gasteiger partial charge in [0, 0.05) is 0 Å². The van der Waals surface area contributed by atoms with Crippen molar-refractivity contribution in [2.75, 3.05) is 7.11 Å². The highest BCUT2D eigenvalue weighted by atomic mass is 16.5. The third kappa shape index (κ3) is 1.76. The van der Waals surface area contributed by atoms with Gasteiger partial charge in [0.2, 0.25) is 0 Å². The summed E-state index contributed by atoms with van der Waals surface area (Å²) in [5, 5.41) is 0. The van der Waals surface area contributed by atoms with E-state index in [0.29, 0.717) is 5.56 Å². The summed E-state index contributed by atoms with van der Waals surface area (Å²) in [6, 6.07) is 0. The third-order valence-corrected chi connectivity index (χ3v) is 3.16. The quantitative estimate of drug-likeness (QED) is 0.711. The van der Waals surface area contributed by atoms with E-state index in [1.165, 1.54) is 11.1 Å². The summed E-state index contributed by atoms with van der Waals surface area (Å²) in [5.74, 6) is 0.727. The minimum Gasteiger partial charge on any atom is -0.496 e. The molecule has 15 heavy (non-hydrogen) atoms. The Bertz CT molecular complexity index is 361. The van der Waals surface area contributed by atoms with Crippen molar-refractivity contribution in [2.24, 2.45) is 0 Å². The zero-order valence-corrected chi connectivity index (χ0v) is 10.1. The maximum atomic E-state index is 11.1. The van der Waals surface area contributed by atoms with E-state index >= 15 is 0 Å². The lowest BCUT2D eigenvalue weighted by Crippen LogP contribution is -2.04. The maximum Gasteiger partial charge on any atom is 0.154 e. The number of methoxy groups -OCH3 is 1. The van der Waals surface area contributed by atoms with E-state index < -0.39 is 0 Å². The molecular formula is C13H18O2. The molecule has 82 valence electrons. The zero-order chi connectivity index (χ0) is 11.6. The first-order chi connectivity index (χ1) is 7.08. The molecule has 0 aromatic heterocycles. The average molecular weight is 206 g/mol. The Morgan fingerprint density at radius 3 is 2.13 bits per heavy atom. The number of hydrogen-bond donors (Lipinski definition) is 0. The van der Waals surface area contributed by atoms with Gasteiger partial charge in [0.1, 0.15) is 5.75 Å². The number of benzene rings is 1. The van der Waals surface area contributed by atoms with Crippen molar-refractivity contribution in [1.29, 1.82) is 0 Å². The molecule has 0 saturated heterocycles. The van der Waals surface area contributed by atoms with Crippen LogP contribution in [-0.4, -0.2) is 13.4 Å². The molecule has 0 heterocycles. The van der Waals surface area contributed by atoms with Crippen LogP contribution in [0.3, 0.4) is 0 Å². The number of carbonyl (C=O) groups is 1. The van der Waals surface area contributed by atoms with Crippen LogP contribution >= 0.6 is 0 Å². The van der Waals surface area contributed by atoms with E-state index in [1.807, 2.05) is 6.92 Å². The molecule has 1 rings (SSSR count). The van der Waals surface area contributed by atoms with Crippen LogP contribution in [0.5, 0.6) is 5.75 Å². The van der Waals surface area contributed by atoms with Crippen molar-refractivity contribution >= 4 is 6.29 Å². The summed E-state index contributed by atoms with van der Waals surface area (Å²) in [5.41, 5.74) is 5.30. The Morgan fingerprint density at radius 2 is 1.73 bits per heavy atom. The molecule has 0 aliphatic carbocycles. The summed E-state index contributed by atoms with van der Waals surface area (Å²) in [6.07, 6.45) is 1.76. The van der Waals surface area contributed by atoms with Gasteiger partial charge in [-0.25, -0.2) is 0 Å². The predicted molar refractivity (Wildman–Crippen MR) is 62.0 cm³/mol. The molecular weight excluding hydrogens is 188 g/mol. The highest BCUT2D eigenvalue weighted by Crippen LogP contribution is 2.32. The van der Waals surface area contributed by atoms with Crippen LogP contribution in [0.15, 0.2) is 0 Å². The fourth-order valence-electron chi connectivity index (χ4n) is 2.06. The van der Waals surface area contributed by atoms with Gasteiger partial charge in [-0.3, -0.25) is 4.79 Å². The number of rotatable bonds is 3. The molecule has 1 aromatic rings. The van der Waals surface area contributed by atoms with E-state index in [2.05, 4.69) is 20.8 Å². The standard InChI is InChI=1S/C13H18O2/c1-6-11-9(3)8(2)10(4)13(15-5)12(11)7-14/h7H,6H2,1-5H3. The van der Waals surface area contributed by atoms with Crippen LogP contribution in [0.1, 0.15) is 39.5 Å². The molecule has 0 aliphatic heterocycles. The normalized spacial score (nSPS) is 10.2. The summed E-state index contributed by atoms with van der Waals surface area (Å²) < 4.78 is 5.31. The molecule has 0 aliphatic rings.